The lowest BCUT2D eigenvalue weighted by Crippen LogP contribution is -2.66. The Hall–Kier alpha value is -0.890. The highest BCUT2D eigenvalue weighted by molar-refractivity contribution is 5.40. The standard InChI is InChI=1S/C13H15FO/c1-9-2-3-10(4-11(9)14)13-5-12(6-13,7-13)8-15/h2-4,15H,5-8H2,1H3. The first kappa shape index (κ1) is 9.34. The average molecular weight is 206 g/mol. The molecule has 0 radical (unpaired) electrons. The van der Waals surface area contributed by atoms with Gasteiger partial charge in [0.25, 0.3) is 0 Å². The minimum absolute atomic E-state index is 0.102. The summed E-state index contributed by atoms with van der Waals surface area (Å²) >= 11 is 0. The van der Waals surface area contributed by atoms with Gasteiger partial charge in [-0.25, -0.2) is 4.39 Å². The van der Waals surface area contributed by atoms with Crippen LogP contribution in [0.25, 0.3) is 0 Å². The van der Waals surface area contributed by atoms with Crippen molar-refractivity contribution in [3.05, 3.63) is 35.1 Å². The predicted molar refractivity (Wildman–Crippen MR) is 56.2 cm³/mol. The Morgan fingerprint density at radius 2 is 2.00 bits per heavy atom. The van der Waals surface area contributed by atoms with Gasteiger partial charge in [-0.2, -0.15) is 0 Å². The molecule has 15 heavy (non-hydrogen) atoms. The molecular weight excluding hydrogens is 191 g/mol. The highest BCUT2D eigenvalue weighted by Gasteiger charge is 2.67. The number of hydrogen-bond donors (Lipinski definition) is 1. The summed E-state index contributed by atoms with van der Waals surface area (Å²) in [4.78, 5) is 0. The van der Waals surface area contributed by atoms with Gasteiger partial charge in [0.15, 0.2) is 0 Å². The van der Waals surface area contributed by atoms with E-state index < -0.39 is 0 Å². The van der Waals surface area contributed by atoms with Crippen LogP contribution >= 0.6 is 0 Å². The van der Waals surface area contributed by atoms with E-state index in [9.17, 15) is 4.39 Å². The molecule has 0 aliphatic heterocycles. The maximum atomic E-state index is 13.4. The van der Waals surface area contributed by atoms with Crippen molar-refractivity contribution in [1.29, 1.82) is 0 Å². The van der Waals surface area contributed by atoms with Crippen molar-refractivity contribution in [2.45, 2.75) is 31.6 Å². The molecule has 0 saturated heterocycles. The lowest BCUT2D eigenvalue weighted by Gasteiger charge is -2.70. The minimum atomic E-state index is -0.102. The van der Waals surface area contributed by atoms with E-state index >= 15 is 0 Å². The molecule has 2 bridgehead atoms. The molecule has 0 amide bonds. The zero-order valence-electron chi connectivity index (χ0n) is 8.89. The van der Waals surface area contributed by atoms with Crippen LogP contribution in [-0.4, -0.2) is 11.7 Å². The molecule has 0 aromatic heterocycles. The van der Waals surface area contributed by atoms with Crippen LogP contribution in [0.5, 0.6) is 0 Å². The van der Waals surface area contributed by atoms with Gasteiger partial charge in [0.1, 0.15) is 5.82 Å². The van der Waals surface area contributed by atoms with Crippen LogP contribution in [0.1, 0.15) is 30.4 Å². The van der Waals surface area contributed by atoms with E-state index in [0.29, 0.717) is 12.2 Å². The maximum absolute atomic E-state index is 13.4. The Labute approximate surface area is 88.9 Å². The molecule has 0 heterocycles. The highest BCUT2D eigenvalue weighted by Crippen LogP contribution is 2.73. The van der Waals surface area contributed by atoms with E-state index in [1.807, 2.05) is 12.1 Å². The second-order valence-electron chi connectivity index (χ2n) is 5.43. The average Bonchev–Trinajstić information content (AvgIpc) is 2.07. The Morgan fingerprint density at radius 1 is 1.33 bits per heavy atom. The van der Waals surface area contributed by atoms with Crippen LogP contribution in [0.4, 0.5) is 4.39 Å². The summed E-state index contributed by atoms with van der Waals surface area (Å²) in [7, 11) is 0. The molecule has 3 aliphatic carbocycles. The molecule has 1 aromatic rings. The van der Waals surface area contributed by atoms with E-state index in [1.165, 1.54) is 0 Å². The number of rotatable bonds is 2. The van der Waals surface area contributed by atoms with Crippen LogP contribution in [0.3, 0.4) is 0 Å². The molecule has 0 unspecified atom stereocenters. The summed E-state index contributed by atoms with van der Waals surface area (Å²) < 4.78 is 13.4. The van der Waals surface area contributed by atoms with E-state index in [2.05, 4.69) is 0 Å². The first-order chi connectivity index (χ1) is 7.09. The van der Waals surface area contributed by atoms with Crippen molar-refractivity contribution < 1.29 is 9.50 Å². The first-order valence-electron chi connectivity index (χ1n) is 5.47. The molecule has 4 rings (SSSR count). The highest BCUT2D eigenvalue weighted by atomic mass is 19.1. The molecule has 0 atom stereocenters. The fraction of sp³-hybridized carbons (Fsp3) is 0.538. The molecule has 1 N–H and O–H groups in total. The molecule has 1 aromatic carbocycles. The predicted octanol–water partition coefficient (Wildman–Crippen LogP) is 2.55. The normalized spacial score (nSPS) is 37.0. The van der Waals surface area contributed by atoms with Gasteiger partial charge in [-0.1, -0.05) is 12.1 Å². The molecule has 1 nitrogen and oxygen atoms in total. The van der Waals surface area contributed by atoms with Crippen molar-refractivity contribution in [1.82, 2.24) is 0 Å². The third-order valence-corrected chi connectivity index (χ3v) is 4.26. The van der Waals surface area contributed by atoms with Gasteiger partial charge in [0.05, 0.1) is 0 Å². The number of benzene rings is 1. The number of aliphatic hydroxyl groups is 1. The van der Waals surface area contributed by atoms with Crippen LogP contribution in [0.2, 0.25) is 0 Å². The van der Waals surface area contributed by atoms with E-state index in [0.717, 1.165) is 24.8 Å². The monoisotopic (exact) mass is 206 g/mol. The third kappa shape index (κ3) is 1.06. The van der Waals surface area contributed by atoms with Crippen molar-refractivity contribution in [3.63, 3.8) is 0 Å². The van der Waals surface area contributed by atoms with Crippen LogP contribution in [0.15, 0.2) is 18.2 Å². The second-order valence-corrected chi connectivity index (χ2v) is 5.43. The summed E-state index contributed by atoms with van der Waals surface area (Å²) in [5.74, 6) is -0.102. The summed E-state index contributed by atoms with van der Waals surface area (Å²) in [6, 6.07) is 5.57. The number of halogens is 1. The van der Waals surface area contributed by atoms with Crippen LogP contribution in [0, 0.1) is 18.2 Å². The molecule has 3 saturated carbocycles. The minimum Gasteiger partial charge on any atom is -0.396 e. The van der Waals surface area contributed by atoms with Gasteiger partial charge in [-0.15, -0.1) is 0 Å². The molecule has 0 spiro atoms. The maximum Gasteiger partial charge on any atom is 0.126 e. The molecule has 80 valence electrons. The fourth-order valence-electron chi connectivity index (χ4n) is 3.39. The van der Waals surface area contributed by atoms with Crippen molar-refractivity contribution in [2.75, 3.05) is 6.61 Å². The molecule has 3 fully saturated rings. The van der Waals surface area contributed by atoms with Crippen LogP contribution in [-0.2, 0) is 5.41 Å². The van der Waals surface area contributed by atoms with Crippen LogP contribution < -0.4 is 0 Å². The largest absolute Gasteiger partial charge is 0.396 e. The molecular formula is C13H15FO. The second kappa shape index (κ2) is 2.62. The first-order valence-corrected chi connectivity index (χ1v) is 5.47. The SMILES string of the molecule is Cc1ccc(C23CC(CO)(C2)C3)cc1F. The number of hydrogen-bond acceptors (Lipinski definition) is 1. The Balaban J connectivity index is 1.88. The van der Waals surface area contributed by atoms with Crippen molar-refractivity contribution in [2.24, 2.45) is 5.41 Å². The quantitative estimate of drug-likeness (QED) is 0.788. The Kier molecular flexibility index (Phi) is 1.63. The number of aryl methyl sites for hydroxylation is 1. The molecule has 3 aliphatic rings. The van der Waals surface area contributed by atoms with E-state index in [4.69, 9.17) is 5.11 Å². The van der Waals surface area contributed by atoms with Gasteiger partial charge < -0.3 is 5.11 Å². The van der Waals surface area contributed by atoms with Gasteiger partial charge >= 0.3 is 0 Å². The summed E-state index contributed by atoms with van der Waals surface area (Å²) in [6.07, 6.45) is 3.12. The summed E-state index contributed by atoms with van der Waals surface area (Å²) in [6.45, 7) is 2.08. The van der Waals surface area contributed by atoms with Gasteiger partial charge in [0.2, 0.25) is 0 Å². The van der Waals surface area contributed by atoms with E-state index in [-0.39, 0.29) is 16.6 Å². The summed E-state index contributed by atoms with van der Waals surface area (Å²) in [5, 5.41) is 9.17. The lowest BCUT2D eigenvalue weighted by molar-refractivity contribution is -0.168. The smallest absolute Gasteiger partial charge is 0.126 e. The molecule has 2 heteroatoms. The third-order valence-electron chi connectivity index (χ3n) is 4.26. The van der Waals surface area contributed by atoms with Gasteiger partial charge in [-0.3, -0.25) is 0 Å². The topological polar surface area (TPSA) is 20.2 Å². The Morgan fingerprint density at radius 3 is 2.53 bits per heavy atom. The van der Waals surface area contributed by atoms with Gasteiger partial charge in [-0.05, 0) is 54.2 Å². The zero-order chi connectivity index (χ0) is 10.7. The van der Waals surface area contributed by atoms with Crippen molar-refractivity contribution >= 4 is 0 Å². The lowest BCUT2D eigenvalue weighted by atomic mass is 9.34. The number of aliphatic hydroxyl groups excluding tert-OH is 1. The summed E-state index contributed by atoms with van der Waals surface area (Å²) in [5.41, 5.74) is 2.24. The zero-order valence-corrected chi connectivity index (χ0v) is 8.89. The fourth-order valence-corrected chi connectivity index (χ4v) is 3.39. The Bertz CT molecular complexity index is 405. The van der Waals surface area contributed by atoms with Crippen molar-refractivity contribution in [3.8, 4) is 0 Å². The van der Waals surface area contributed by atoms with Gasteiger partial charge in [0, 0.05) is 6.61 Å². The van der Waals surface area contributed by atoms with E-state index in [1.54, 1.807) is 13.0 Å².